The van der Waals surface area contributed by atoms with Crippen LogP contribution in [0.4, 0.5) is 5.82 Å². The molecule has 20 heavy (non-hydrogen) atoms. The first-order valence-electron chi connectivity index (χ1n) is 7.46. The van der Waals surface area contributed by atoms with Crippen molar-refractivity contribution in [2.45, 2.75) is 44.6 Å². The van der Waals surface area contributed by atoms with E-state index in [1.54, 1.807) is 0 Å². The average Bonchev–Trinajstić information content (AvgIpc) is 3.17. The zero-order chi connectivity index (χ0) is 13.5. The van der Waals surface area contributed by atoms with Gasteiger partial charge >= 0.3 is 0 Å². The van der Waals surface area contributed by atoms with Gasteiger partial charge in [0.1, 0.15) is 5.82 Å². The van der Waals surface area contributed by atoms with Crippen LogP contribution >= 0.6 is 11.6 Å². The number of halogens is 1. The van der Waals surface area contributed by atoms with E-state index in [4.69, 9.17) is 11.6 Å². The number of aromatic amines is 1. The van der Waals surface area contributed by atoms with Crippen molar-refractivity contribution in [2.24, 2.45) is 5.92 Å². The average molecular weight is 292 g/mol. The smallest absolute Gasteiger partial charge is 0.226 e. The van der Waals surface area contributed by atoms with Gasteiger partial charge in [-0.1, -0.05) is 12.8 Å². The van der Waals surface area contributed by atoms with Crippen molar-refractivity contribution in [3.8, 4) is 0 Å². The Bertz CT molecular complexity index is 619. The van der Waals surface area contributed by atoms with Crippen molar-refractivity contribution < 1.29 is 0 Å². The molecule has 0 amide bonds. The molecule has 6 heteroatoms. The number of rotatable bonds is 2. The highest BCUT2D eigenvalue weighted by Crippen LogP contribution is 2.38. The fourth-order valence-corrected chi connectivity index (χ4v) is 4.06. The Morgan fingerprint density at radius 2 is 2.00 bits per heavy atom. The summed E-state index contributed by atoms with van der Waals surface area (Å²) in [4.78, 5) is 11.1. The second-order valence-electron chi connectivity index (χ2n) is 5.90. The van der Waals surface area contributed by atoms with Crippen molar-refractivity contribution in [2.75, 3.05) is 11.4 Å². The molecule has 106 valence electrons. The Labute approximate surface area is 122 Å². The van der Waals surface area contributed by atoms with Crippen LogP contribution in [-0.4, -0.2) is 32.8 Å². The molecule has 2 aromatic rings. The molecular weight excluding hydrogens is 274 g/mol. The van der Waals surface area contributed by atoms with E-state index in [1.165, 1.54) is 38.5 Å². The molecule has 1 unspecified atom stereocenters. The number of fused-ring (bicyclic) bond motifs is 1. The van der Waals surface area contributed by atoms with E-state index in [1.807, 2.05) is 6.20 Å². The lowest BCUT2D eigenvalue weighted by Crippen LogP contribution is -2.35. The first kappa shape index (κ1) is 12.4. The third kappa shape index (κ3) is 1.95. The van der Waals surface area contributed by atoms with Crippen molar-refractivity contribution in [1.82, 2.24) is 20.2 Å². The SMILES string of the molecule is Clc1nc(N2CCCC2C2CCCC2)c2cn[nH]c2n1. The Balaban J connectivity index is 1.75. The predicted octanol–water partition coefficient (Wildman–Crippen LogP) is 3.17. The first-order valence-corrected chi connectivity index (χ1v) is 7.84. The maximum Gasteiger partial charge on any atom is 0.226 e. The fourth-order valence-electron chi connectivity index (χ4n) is 3.90. The van der Waals surface area contributed by atoms with Crippen LogP contribution < -0.4 is 4.90 Å². The largest absolute Gasteiger partial charge is 0.353 e. The van der Waals surface area contributed by atoms with Gasteiger partial charge in [-0.15, -0.1) is 0 Å². The Hall–Kier alpha value is -1.36. The second-order valence-corrected chi connectivity index (χ2v) is 6.23. The summed E-state index contributed by atoms with van der Waals surface area (Å²) >= 11 is 6.07. The summed E-state index contributed by atoms with van der Waals surface area (Å²) in [7, 11) is 0. The number of nitrogens with one attached hydrogen (secondary N) is 1. The van der Waals surface area contributed by atoms with Gasteiger partial charge in [0.15, 0.2) is 5.65 Å². The van der Waals surface area contributed by atoms with Crippen LogP contribution in [0.5, 0.6) is 0 Å². The van der Waals surface area contributed by atoms with Gasteiger partial charge in [0.2, 0.25) is 5.28 Å². The molecule has 4 rings (SSSR count). The molecule has 3 heterocycles. The maximum absolute atomic E-state index is 6.07. The molecule has 1 aliphatic heterocycles. The Morgan fingerprint density at radius 1 is 1.15 bits per heavy atom. The molecule has 0 aromatic carbocycles. The highest BCUT2D eigenvalue weighted by Gasteiger charge is 2.35. The van der Waals surface area contributed by atoms with Crippen LogP contribution in [-0.2, 0) is 0 Å². The van der Waals surface area contributed by atoms with Crippen molar-refractivity contribution in [1.29, 1.82) is 0 Å². The van der Waals surface area contributed by atoms with Crippen LogP contribution in [0, 0.1) is 5.92 Å². The zero-order valence-corrected chi connectivity index (χ0v) is 12.1. The molecule has 0 bridgehead atoms. The minimum Gasteiger partial charge on any atom is -0.353 e. The molecule has 1 saturated heterocycles. The van der Waals surface area contributed by atoms with Crippen molar-refractivity contribution in [3.05, 3.63) is 11.5 Å². The van der Waals surface area contributed by atoms with Gasteiger partial charge < -0.3 is 4.90 Å². The van der Waals surface area contributed by atoms with E-state index in [0.717, 1.165) is 29.3 Å². The summed E-state index contributed by atoms with van der Waals surface area (Å²) in [5.74, 6) is 1.77. The van der Waals surface area contributed by atoms with Gasteiger partial charge in [0.05, 0.1) is 11.6 Å². The van der Waals surface area contributed by atoms with E-state index >= 15 is 0 Å². The molecule has 0 spiro atoms. The minimum atomic E-state index is 0.300. The van der Waals surface area contributed by atoms with Crippen LogP contribution in [0.25, 0.3) is 11.0 Å². The van der Waals surface area contributed by atoms with E-state index in [9.17, 15) is 0 Å². The summed E-state index contributed by atoms with van der Waals surface area (Å²) in [6.07, 6.45) is 9.78. The topological polar surface area (TPSA) is 57.7 Å². The molecule has 1 N–H and O–H groups in total. The number of hydrogen-bond acceptors (Lipinski definition) is 4. The van der Waals surface area contributed by atoms with E-state index in [0.29, 0.717) is 11.3 Å². The molecule has 0 radical (unpaired) electrons. The van der Waals surface area contributed by atoms with Gasteiger partial charge in [-0.3, -0.25) is 5.10 Å². The summed E-state index contributed by atoms with van der Waals surface area (Å²) in [5.41, 5.74) is 0.733. The Kier molecular flexibility index (Phi) is 3.02. The van der Waals surface area contributed by atoms with Crippen LogP contribution in [0.1, 0.15) is 38.5 Å². The summed E-state index contributed by atoms with van der Waals surface area (Å²) in [5, 5.41) is 8.27. The highest BCUT2D eigenvalue weighted by molar-refractivity contribution is 6.28. The number of nitrogens with zero attached hydrogens (tertiary/aromatic N) is 4. The zero-order valence-electron chi connectivity index (χ0n) is 11.3. The molecule has 1 atom stereocenters. The predicted molar refractivity (Wildman–Crippen MR) is 79.0 cm³/mol. The maximum atomic E-state index is 6.07. The molecule has 2 fully saturated rings. The quantitative estimate of drug-likeness (QED) is 0.864. The molecule has 2 aromatic heterocycles. The highest BCUT2D eigenvalue weighted by atomic mass is 35.5. The first-order chi connectivity index (χ1) is 9.83. The molecule has 5 nitrogen and oxygen atoms in total. The fraction of sp³-hybridized carbons (Fsp3) is 0.643. The van der Waals surface area contributed by atoms with E-state index < -0.39 is 0 Å². The number of aromatic nitrogens is 4. The van der Waals surface area contributed by atoms with Crippen molar-refractivity contribution >= 4 is 28.5 Å². The molecule has 1 saturated carbocycles. The van der Waals surface area contributed by atoms with Crippen LogP contribution in [0.2, 0.25) is 5.28 Å². The Morgan fingerprint density at radius 3 is 2.85 bits per heavy atom. The van der Waals surface area contributed by atoms with Crippen LogP contribution in [0.15, 0.2) is 6.20 Å². The normalized spacial score (nSPS) is 24.1. The monoisotopic (exact) mass is 291 g/mol. The van der Waals surface area contributed by atoms with Gasteiger partial charge in [-0.05, 0) is 43.2 Å². The number of hydrogen-bond donors (Lipinski definition) is 1. The molecule has 1 aliphatic carbocycles. The lowest BCUT2D eigenvalue weighted by atomic mass is 9.96. The standard InChI is InChI=1S/C14H18ClN5/c15-14-17-12-10(8-16-19-12)13(18-14)20-7-3-6-11(20)9-4-1-2-5-9/h8-9,11H,1-7H2,(H,16,17,18,19). The minimum absolute atomic E-state index is 0.300. The number of H-pyrrole nitrogens is 1. The third-order valence-corrected chi connectivity index (χ3v) is 4.95. The molecular formula is C14H18ClN5. The van der Waals surface area contributed by atoms with E-state index in [2.05, 4.69) is 25.1 Å². The summed E-state index contributed by atoms with van der Waals surface area (Å²) < 4.78 is 0. The summed E-state index contributed by atoms with van der Waals surface area (Å²) in [6, 6.07) is 0.613. The van der Waals surface area contributed by atoms with Gasteiger partial charge in [-0.2, -0.15) is 15.1 Å². The van der Waals surface area contributed by atoms with Gasteiger partial charge in [0, 0.05) is 12.6 Å². The lowest BCUT2D eigenvalue weighted by molar-refractivity contribution is 0.429. The third-order valence-electron chi connectivity index (χ3n) is 4.78. The molecule has 2 aliphatic rings. The number of anilines is 1. The lowest BCUT2D eigenvalue weighted by Gasteiger charge is -2.30. The van der Waals surface area contributed by atoms with Gasteiger partial charge in [-0.25, -0.2) is 0 Å². The van der Waals surface area contributed by atoms with Crippen LogP contribution in [0.3, 0.4) is 0 Å². The second kappa shape index (κ2) is 4.88. The van der Waals surface area contributed by atoms with E-state index in [-0.39, 0.29) is 0 Å². The summed E-state index contributed by atoms with van der Waals surface area (Å²) in [6.45, 7) is 1.06. The van der Waals surface area contributed by atoms with Gasteiger partial charge in [0.25, 0.3) is 0 Å². The van der Waals surface area contributed by atoms with Crippen molar-refractivity contribution in [3.63, 3.8) is 0 Å².